The average molecular weight is 238 g/mol. The van der Waals surface area contributed by atoms with Crippen LogP contribution in [0, 0.1) is 0 Å². The van der Waals surface area contributed by atoms with Gasteiger partial charge in [-0.1, -0.05) is 12.1 Å². The van der Waals surface area contributed by atoms with Crippen LogP contribution in [0.3, 0.4) is 0 Å². The van der Waals surface area contributed by atoms with Gasteiger partial charge in [0.25, 0.3) is 0 Å². The molecule has 0 unspecified atom stereocenters. The minimum Gasteiger partial charge on any atom is -0.399 e. The molecule has 17 heavy (non-hydrogen) atoms. The number of carbonyl (C=O) groups excluding carboxylic acids is 1. The van der Waals surface area contributed by atoms with Gasteiger partial charge in [0.1, 0.15) is 6.61 Å². The molecule has 1 rings (SSSR count). The first kappa shape index (κ1) is 13.5. The summed E-state index contributed by atoms with van der Waals surface area (Å²) in [6.07, 6.45) is 0. The molecule has 0 aliphatic heterocycles. The van der Waals surface area contributed by atoms with Crippen LogP contribution in [0.2, 0.25) is 0 Å². The molecule has 5 heteroatoms. The van der Waals surface area contributed by atoms with Crippen molar-refractivity contribution in [2.45, 2.75) is 6.61 Å². The van der Waals surface area contributed by atoms with Crippen molar-refractivity contribution >= 4 is 11.6 Å². The van der Waals surface area contributed by atoms with Crippen LogP contribution in [-0.2, 0) is 20.9 Å². The molecule has 0 bridgehead atoms. The minimum atomic E-state index is -0.141. The first-order chi connectivity index (χ1) is 8.22. The SMILES string of the molecule is COCCNC(=O)COCc1ccc(N)cc1. The molecule has 0 atom stereocenters. The highest BCUT2D eigenvalue weighted by molar-refractivity contribution is 5.77. The Morgan fingerprint density at radius 2 is 2.06 bits per heavy atom. The van der Waals surface area contributed by atoms with Gasteiger partial charge in [0.15, 0.2) is 0 Å². The van der Waals surface area contributed by atoms with Crippen LogP contribution in [-0.4, -0.2) is 32.8 Å². The summed E-state index contributed by atoms with van der Waals surface area (Å²) in [6, 6.07) is 7.35. The Bertz CT molecular complexity index is 338. The molecule has 0 radical (unpaired) electrons. The van der Waals surface area contributed by atoms with Gasteiger partial charge < -0.3 is 20.5 Å². The lowest BCUT2D eigenvalue weighted by atomic mass is 10.2. The summed E-state index contributed by atoms with van der Waals surface area (Å²) >= 11 is 0. The number of methoxy groups -OCH3 is 1. The van der Waals surface area contributed by atoms with Gasteiger partial charge in [0.2, 0.25) is 5.91 Å². The minimum absolute atomic E-state index is 0.0497. The second kappa shape index (κ2) is 7.65. The standard InChI is InChI=1S/C12H18N2O3/c1-16-7-6-14-12(15)9-17-8-10-2-4-11(13)5-3-10/h2-5H,6-9,13H2,1H3,(H,14,15). The summed E-state index contributed by atoms with van der Waals surface area (Å²) in [4.78, 5) is 11.3. The molecule has 0 aliphatic carbocycles. The van der Waals surface area contributed by atoms with Crippen LogP contribution in [0.25, 0.3) is 0 Å². The molecule has 0 fully saturated rings. The lowest BCUT2D eigenvalue weighted by Gasteiger charge is -2.06. The van der Waals surface area contributed by atoms with Crippen LogP contribution in [0.15, 0.2) is 24.3 Å². The number of rotatable bonds is 7. The molecule has 1 amide bonds. The summed E-state index contributed by atoms with van der Waals surface area (Å²) in [5.41, 5.74) is 7.26. The molecule has 3 N–H and O–H groups in total. The van der Waals surface area contributed by atoms with Crippen molar-refractivity contribution in [3.63, 3.8) is 0 Å². The summed E-state index contributed by atoms with van der Waals surface area (Å²) in [5, 5.41) is 2.67. The zero-order valence-corrected chi connectivity index (χ0v) is 9.94. The van der Waals surface area contributed by atoms with E-state index in [1.165, 1.54) is 0 Å². The number of benzene rings is 1. The maximum absolute atomic E-state index is 11.3. The Kier molecular flexibility index (Phi) is 6.06. The third-order valence-electron chi connectivity index (χ3n) is 2.11. The predicted molar refractivity (Wildman–Crippen MR) is 65.4 cm³/mol. The van der Waals surface area contributed by atoms with Crippen molar-refractivity contribution in [1.82, 2.24) is 5.32 Å². The first-order valence-electron chi connectivity index (χ1n) is 5.40. The van der Waals surface area contributed by atoms with Crippen LogP contribution in [0.5, 0.6) is 0 Å². The van der Waals surface area contributed by atoms with Crippen molar-refractivity contribution in [2.75, 3.05) is 32.6 Å². The number of nitrogen functional groups attached to an aromatic ring is 1. The second-order valence-electron chi connectivity index (χ2n) is 3.58. The van der Waals surface area contributed by atoms with Gasteiger partial charge in [0, 0.05) is 19.3 Å². The van der Waals surface area contributed by atoms with E-state index < -0.39 is 0 Å². The molecule has 0 heterocycles. The summed E-state index contributed by atoms with van der Waals surface area (Å²) in [7, 11) is 1.59. The molecule has 0 aliphatic rings. The van der Waals surface area contributed by atoms with Gasteiger partial charge in [-0.15, -0.1) is 0 Å². The number of anilines is 1. The van der Waals surface area contributed by atoms with E-state index in [1.807, 2.05) is 12.1 Å². The van der Waals surface area contributed by atoms with Gasteiger partial charge >= 0.3 is 0 Å². The number of hydrogen-bond donors (Lipinski definition) is 2. The summed E-state index contributed by atoms with van der Waals surface area (Å²) < 4.78 is 10.1. The third kappa shape index (κ3) is 5.89. The molecule has 0 saturated heterocycles. The maximum atomic E-state index is 11.3. The Hall–Kier alpha value is -1.59. The average Bonchev–Trinajstić information content (AvgIpc) is 2.32. The zero-order chi connectivity index (χ0) is 12.5. The molecule has 0 saturated carbocycles. The van der Waals surface area contributed by atoms with Crippen LogP contribution >= 0.6 is 0 Å². The number of nitrogens with two attached hydrogens (primary N) is 1. The third-order valence-corrected chi connectivity index (χ3v) is 2.11. The number of amides is 1. The fourth-order valence-electron chi connectivity index (χ4n) is 1.22. The van der Waals surface area contributed by atoms with Gasteiger partial charge in [-0.25, -0.2) is 0 Å². The highest BCUT2D eigenvalue weighted by Gasteiger charge is 2.00. The highest BCUT2D eigenvalue weighted by atomic mass is 16.5. The molecule has 1 aromatic rings. The number of carbonyl (C=O) groups is 1. The van der Waals surface area contributed by atoms with E-state index in [9.17, 15) is 4.79 Å². The quantitative estimate of drug-likeness (QED) is 0.537. The van der Waals surface area contributed by atoms with E-state index >= 15 is 0 Å². The highest BCUT2D eigenvalue weighted by Crippen LogP contribution is 2.06. The van der Waals surface area contributed by atoms with E-state index in [1.54, 1.807) is 19.2 Å². The van der Waals surface area contributed by atoms with Crippen molar-refractivity contribution in [3.8, 4) is 0 Å². The largest absolute Gasteiger partial charge is 0.399 e. The van der Waals surface area contributed by atoms with E-state index in [0.717, 1.165) is 5.56 Å². The van der Waals surface area contributed by atoms with Crippen LogP contribution < -0.4 is 11.1 Å². The Morgan fingerprint density at radius 1 is 1.35 bits per heavy atom. The number of hydrogen-bond acceptors (Lipinski definition) is 4. The first-order valence-corrected chi connectivity index (χ1v) is 5.40. The summed E-state index contributed by atoms with van der Waals surface area (Å²) in [5.74, 6) is -0.141. The topological polar surface area (TPSA) is 73.6 Å². The van der Waals surface area contributed by atoms with Gasteiger partial charge in [0.05, 0.1) is 13.2 Å². The van der Waals surface area contributed by atoms with Crippen LogP contribution in [0.4, 0.5) is 5.69 Å². The van der Waals surface area contributed by atoms with E-state index in [4.69, 9.17) is 15.2 Å². The molecule has 0 aromatic heterocycles. The smallest absolute Gasteiger partial charge is 0.246 e. The fourth-order valence-corrected chi connectivity index (χ4v) is 1.22. The van der Waals surface area contributed by atoms with E-state index in [-0.39, 0.29) is 12.5 Å². The van der Waals surface area contributed by atoms with Crippen molar-refractivity contribution in [2.24, 2.45) is 0 Å². The lowest BCUT2D eigenvalue weighted by molar-refractivity contribution is -0.126. The molecule has 1 aromatic carbocycles. The fraction of sp³-hybridized carbons (Fsp3) is 0.417. The monoisotopic (exact) mass is 238 g/mol. The van der Waals surface area contributed by atoms with Gasteiger partial charge in [-0.05, 0) is 17.7 Å². The molecular formula is C12H18N2O3. The van der Waals surface area contributed by atoms with E-state index in [0.29, 0.717) is 25.4 Å². The Morgan fingerprint density at radius 3 is 2.71 bits per heavy atom. The Labute approximate surface area is 101 Å². The van der Waals surface area contributed by atoms with Gasteiger partial charge in [-0.3, -0.25) is 4.79 Å². The second-order valence-corrected chi connectivity index (χ2v) is 3.58. The van der Waals surface area contributed by atoms with Crippen molar-refractivity contribution in [3.05, 3.63) is 29.8 Å². The zero-order valence-electron chi connectivity index (χ0n) is 9.94. The molecule has 94 valence electrons. The lowest BCUT2D eigenvalue weighted by Crippen LogP contribution is -2.30. The molecule has 5 nitrogen and oxygen atoms in total. The molecule has 0 spiro atoms. The number of ether oxygens (including phenoxy) is 2. The normalized spacial score (nSPS) is 10.2. The number of nitrogens with one attached hydrogen (secondary N) is 1. The van der Waals surface area contributed by atoms with Crippen molar-refractivity contribution in [1.29, 1.82) is 0 Å². The maximum Gasteiger partial charge on any atom is 0.246 e. The van der Waals surface area contributed by atoms with Gasteiger partial charge in [-0.2, -0.15) is 0 Å². The Balaban J connectivity index is 2.14. The summed E-state index contributed by atoms with van der Waals surface area (Å²) in [6.45, 7) is 1.45. The van der Waals surface area contributed by atoms with Crippen molar-refractivity contribution < 1.29 is 14.3 Å². The van der Waals surface area contributed by atoms with E-state index in [2.05, 4.69) is 5.32 Å². The molecular weight excluding hydrogens is 220 g/mol. The van der Waals surface area contributed by atoms with Crippen LogP contribution in [0.1, 0.15) is 5.56 Å². The predicted octanol–water partition coefficient (Wildman–Crippen LogP) is 0.548.